The van der Waals surface area contributed by atoms with E-state index in [0.717, 1.165) is 15.6 Å². The Morgan fingerprint density at radius 1 is 1.03 bits per heavy atom. The molecule has 0 radical (unpaired) electrons. The van der Waals surface area contributed by atoms with E-state index in [-0.39, 0.29) is 36.1 Å². The number of carbonyl (C=O) groups excluding carboxylic acids is 1. The first-order valence-corrected chi connectivity index (χ1v) is 13.5. The van der Waals surface area contributed by atoms with Gasteiger partial charge < -0.3 is 19.9 Å². The van der Waals surface area contributed by atoms with Crippen LogP contribution in [-0.4, -0.2) is 45.7 Å². The minimum atomic E-state index is -4.24. The number of carboxylic acids is 1. The monoisotopic (exact) mass is 572 g/mol. The van der Waals surface area contributed by atoms with Crippen molar-refractivity contribution in [2.45, 2.75) is 18.7 Å². The lowest BCUT2D eigenvalue weighted by Gasteiger charge is -2.21. The van der Waals surface area contributed by atoms with Crippen LogP contribution in [0.4, 0.5) is 11.4 Å². The van der Waals surface area contributed by atoms with E-state index >= 15 is 0 Å². The molecule has 192 valence electrons. The van der Waals surface area contributed by atoms with Gasteiger partial charge in [-0.1, -0.05) is 23.2 Å². The molecule has 2 N–H and O–H groups in total. The topological polar surface area (TPSA) is 122 Å². The van der Waals surface area contributed by atoms with E-state index in [9.17, 15) is 23.1 Å². The van der Waals surface area contributed by atoms with Gasteiger partial charge in [0.15, 0.2) is 11.5 Å². The predicted molar refractivity (Wildman–Crippen MR) is 140 cm³/mol. The number of amides is 1. The third kappa shape index (κ3) is 6.04. The first-order chi connectivity index (χ1) is 17.0. The van der Waals surface area contributed by atoms with E-state index in [4.69, 9.17) is 32.7 Å². The summed E-state index contributed by atoms with van der Waals surface area (Å²) in [6, 6.07) is 9.64. The smallest absolute Gasteiger partial charge is 0.335 e. The van der Waals surface area contributed by atoms with Crippen LogP contribution >= 0.6 is 34.5 Å². The third-order valence-corrected chi connectivity index (χ3v) is 8.23. The molecular weight excluding hydrogens is 551 g/mol. The van der Waals surface area contributed by atoms with Crippen molar-refractivity contribution in [3.05, 3.63) is 62.3 Å². The van der Waals surface area contributed by atoms with Crippen molar-refractivity contribution >= 4 is 67.8 Å². The first kappa shape index (κ1) is 27.6. The number of carboxylic acid groups (broad SMARTS) is 1. The Morgan fingerprint density at radius 2 is 1.69 bits per heavy atom. The summed E-state index contributed by atoms with van der Waals surface area (Å²) in [4.78, 5) is 23.8. The molecule has 0 spiro atoms. The van der Waals surface area contributed by atoms with E-state index in [1.165, 1.54) is 37.4 Å². The molecule has 0 aliphatic rings. The van der Waals surface area contributed by atoms with Gasteiger partial charge in [-0.3, -0.25) is 9.10 Å². The van der Waals surface area contributed by atoms with E-state index in [0.29, 0.717) is 24.7 Å². The number of hydrogen-bond donors (Lipinski definition) is 2. The zero-order valence-electron chi connectivity index (χ0n) is 19.4. The van der Waals surface area contributed by atoms with Crippen molar-refractivity contribution in [3.63, 3.8) is 0 Å². The maximum absolute atomic E-state index is 13.5. The summed E-state index contributed by atoms with van der Waals surface area (Å²) in [5.41, 5.74) is 0.214. The zero-order chi connectivity index (χ0) is 26.6. The van der Waals surface area contributed by atoms with Crippen molar-refractivity contribution in [1.82, 2.24) is 0 Å². The summed E-state index contributed by atoms with van der Waals surface area (Å²) in [7, 11) is -2.91. The number of nitrogens with zero attached hydrogens (tertiary/aromatic N) is 1. The predicted octanol–water partition coefficient (Wildman–Crippen LogP) is 5.63. The van der Waals surface area contributed by atoms with Crippen molar-refractivity contribution in [2.24, 2.45) is 0 Å². The highest BCUT2D eigenvalue weighted by Gasteiger charge is 2.30. The Hall–Kier alpha value is -2.99. The summed E-state index contributed by atoms with van der Waals surface area (Å²) < 4.78 is 39.2. The van der Waals surface area contributed by atoms with Crippen LogP contribution in [0.5, 0.6) is 11.5 Å². The Bertz CT molecular complexity index is 1410. The van der Waals surface area contributed by atoms with Crippen molar-refractivity contribution < 1.29 is 32.6 Å². The van der Waals surface area contributed by atoms with Crippen LogP contribution in [0.25, 0.3) is 0 Å². The van der Waals surface area contributed by atoms with Crippen LogP contribution in [0.1, 0.15) is 33.9 Å². The second kappa shape index (κ2) is 11.4. The quantitative estimate of drug-likeness (QED) is 0.323. The van der Waals surface area contributed by atoms with Gasteiger partial charge in [0.2, 0.25) is 0 Å². The number of aromatic carboxylic acids is 1. The van der Waals surface area contributed by atoms with E-state index in [2.05, 4.69) is 5.32 Å². The van der Waals surface area contributed by atoms with Gasteiger partial charge in [0.25, 0.3) is 15.9 Å². The maximum Gasteiger partial charge on any atom is 0.335 e. The van der Waals surface area contributed by atoms with E-state index < -0.39 is 21.9 Å². The molecule has 13 heteroatoms. The van der Waals surface area contributed by atoms with Gasteiger partial charge in [-0.2, -0.15) is 0 Å². The molecule has 0 atom stereocenters. The van der Waals surface area contributed by atoms with E-state index in [1.54, 1.807) is 19.1 Å². The Balaban J connectivity index is 1.97. The van der Waals surface area contributed by atoms with Crippen LogP contribution in [-0.2, 0) is 10.0 Å². The molecule has 0 saturated carbocycles. The van der Waals surface area contributed by atoms with Crippen LogP contribution < -0.4 is 19.1 Å². The molecule has 3 aromatic rings. The number of hydrogen-bond acceptors (Lipinski definition) is 7. The van der Waals surface area contributed by atoms with Gasteiger partial charge in [-0.15, -0.1) is 11.3 Å². The fourth-order valence-corrected chi connectivity index (χ4v) is 6.30. The molecule has 9 nitrogen and oxygen atoms in total. The first-order valence-electron chi connectivity index (χ1n) is 10.5. The van der Waals surface area contributed by atoms with Gasteiger partial charge >= 0.3 is 5.97 Å². The average molecular weight is 573 g/mol. The van der Waals surface area contributed by atoms with Gasteiger partial charge in [-0.05, 0) is 50.2 Å². The molecule has 0 aliphatic carbocycles. The number of halogens is 2. The van der Waals surface area contributed by atoms with Crippen LogP contribution in [0.2, 0.25) is 9.36 Å². The summed E-state index contributed by atoms with van der Waals surface area (Å²) in [5, 5.41) is 11.8. The standard InChI is InChI=1S/C23H22Cl2N2O7S2/c1-4-33-17-7-6-16(11-18(17)34-5-2)27(3)36(31,32)19-12-20(25)35-21(19)22(28)26-15-9-13(23(29)30)8-14(24)10-15/h6-12H,4-5H2,1-3H3,(H,26,28)(H,29,30). The minimum Gasteiger partial charge on any atom is -0.490 e. The number of carbonyl (C=O) groups is 2. The maximum atomic E-state index is 13.5. The molecule has 2 aromatic carbocycles. The molecule has 0 unspecified atom stereocenters. The summed E-state index contributed by atoms with van der Waals surface area (Å²) in [6.07, 6.45) is 0. The van der Waals surface area contributed by atoms with Crippen molar-refractivity contribution in [3.8, 4) is 11.5 Å². The van der Waals surface area contributed by atoms with Crippen LogP contribution in [0, 0.1) is 0 Å². The average Bonchev–Trinajstić information content (AvgIpc) is 3.22. The number of rotatable bonds is 10. The third-order valence-electron chi connectivity index (χ3n) is 4.81. The summed E-state index contributed by atoms with van der Waals surface area (Å²) in [6.45, 7) is 4.36. The molecule has 1 heterocycles. The van der Waals surface area contributed by atoms with Crippen molar-refractivity contribution in [2.75, 3.05) is 29.9 Å². The summed E-state index contributed by atoms with van der Waals surface area (Å²) >= 11 is 12.8. The molecule has 1 amide bonds. The molecule has 3 rings (SSSR count). The number of ether oxygens (including phenoxy) is 2. The highest BCUT2D eigenvalue weighted by Crippen LogP contribution is 2.37. The second-order valence-electron chi connectivity index (χ2n) is 7.20. The highest BCUT2D eigenvalue weighted by molar-refractivity contribution is 7.93. The molecular formula is C23H22Cl2N2O7S2. The van der Waals surface area contributed by atoms with Gasteiger partial charge in [0.1, 0.15) is 9.77 Å². The zero-order valence-corrected chi connectivity index (χ0v) is 22.5. The lowest BCUT2D eigenvalue weighted by Crippen LogP contribution is -2.28. The number of nitrogens with one attached hydrogen (secondary N) is 1. The van der Waals surface area contributed by atoms with E-state index in [1.807, 2.05) is 6.92 Å². The fraction of sp³-hybridized carbons (Fsp3) is 0.217. The normalized spacial score (nSPS) is 11.1. The molecule has 0 aliphatic heterocycles. The summed E-state index contributed by atoms with van der Waals surface area (Å²) in [5.74, 6) is -1.19. The SMILES string of the molecule is CCOc1ccc(N(C)S(=O)(=O)c2cc(Cl)sc2C(=O)Nc2cc(Cl)cc(C(=O)O)c2)cc1OCC. The second-order valence-corrected chi connectivity index (χ2v) is 11.3. The van der Waals surface area contributed by atoms with Crippen molar-refractivity contribution in [1.29, 1.82) is 0 Å². The highest BCUT2D eigenvalue weighted by atomic mass is 35.5. The van der Waals surface area contributed by atoms with Gasteiger partial charge in [0, 0.05) is 23.8 Å². The molecule has 0 saturated heterocycles. The number of sulfonamides is 1. The lowest BCUT2D eigenvalue weighted by atomic mass is 10.2. The van der Waals surface area contributed by atoms with Crippen LogP contribution in [0.15, 0.2) is 47.4 Å². The lowest BCUT2D eigenvalue weighted by molar-refractivity contribution is 0.0696. The largest absolute Gasteiger partial charge is 0.490 e. The van der Waals surface area contributed by atoms with Crippen LogP contribution in [0.3, 0.4) is 0 Å². The molecule has 0 fully saturated rings. The Morgan fingerprint density at radius 3 is 2.33 bits per heavy atom. The molecule has 36 heavy (non-hydrogen) atoms. The molecule has 1 aromatic heterocycles. The number of thiophene rings is 1. The Labute approximate surface area is 222 Å². The van der Waals surface area contributed by atoms with Gasteiger partial charge in [0.05, 0.1) is 28.8 Å². The Kier molecular flexibility index (Phi) is 8.72. The number of anilines is 2. The fourth-order valence-electron chi connectivity index (χ4n) is 3.19. The minimum absolute atomic E-state index is 0.0751. The number of benzene rings is 2. The van der Waals surface area contributed by atoms with Gasteiger partial charge in [-0.25, -0.2) is 13.2 Å². The molecule has 0 bridgehead atoms.